The van der Waals surface area contributed by atoms with E-state index in [1.165, 1.54) is 12.1 Å². The Bertz CT molecular complexity index is 512. The van der Waals surface area contributed by atoms with Gasteiger partial charge in [0.2, 0.25) is 0 Å². The fraction of sp³-hybridized carbons (Fsp3) is 0.556. The van der Waals surface area contributed by atoms with Crippen LogP contribution in [0.3, 0.4) is 0 Å². The molecule has 0 radical (unpaired) electrons. The Morgan fingerprint density at radius 3 is 2.39 bits per heavy atom. The number of carboxylic acids is 1. The number of rotatable bonds is 10. The third kappa shape index (κ3) is 6.40. The van der Waals surface area contributed by atoms with Crippen LogP contribution in [0.2, 0.25) is 0 Å². The van der Waals surface area contributed by atoms with Gasteiger partial charge in [-0.3, -0.25) is 0 Å². The van der Waals surface area contributed by atoms with Crippen LogP contribution >= 0.6 is 0 Å². The third-order valence-corrected chi connectivity index (χ3v) is 3.93. The zero-order valence-corrected chi connectivity index (χ0v) is 13.8. The summed E-state index contributed by atoms with van der Waals surface area (Å²) in [6, 6.07) is 5.90. The standard InChI is InChI=1S/C18H26O5/c1-3-5-8-13(4-2)11-14(19)12-23-18(22)16-10-7-6-9-15(16)17(20)21/h6-7,9-10,13-14,19H,3-5,8,11-12H2,1-2H3,(H,20,21). The van der Waals surface area contributed by atoms with Crippen LogP contribution in [0.5, 0.6) is 0 Å². The quantitative estimate of drug-likeness (QED) is 0.644. The van der Waals surface area contributed by atoms with Crippen molar-refractivity contribution in [2.24, 2.45) is 5.92 Å². The number of aliphatic hydroxyl groups is 1. The molecule has 128 valence electrons. The molecular weight excluding hydrogens is 296 g/mol. The Kier molecular flexibility index (Phi) is 8.33. The summed E-state index contributed by atoms with van der Waals surface area (Å²) in [5.41, 5.74) is -0.0911. The first kappa shape index (κ1) is 19.2. The second-order valence-corrected chi connectivity index (χ2v) is 5.76. The van der Waals surface area contributed by atoms with Gasteiger partial charge in [0, 0.05) is 0 Å². The molecule has 23 heavy (non-hydrogen) atoms. The van der Waals surface area contributed by atoms with E-state index in [1.807, 2.05) is 0 Å². The predicted octanol–water partition coefficient (Wildman–Crippen LogP) is 3.51. The summed E-state index contributed by atoms with van der Waals surface area (Å²) in [5, 5.41) is 19.1. The lowest BCUT2D eigenvalue weighted by molar-refractivity contribution is 0.0188. The number of hydrogen-bond donors (Lipinski definition) is 2. The Labute approximate surface area is 137 Å². The predicted molar refractivity (Wildman–Crippen MR) is 87.6 cm³/mol. The second-order valence-electron chi connectivity index (χ2n) is 5.76. The van der Waals surface area contributed by atoms with E-state index in [4.69, 9.17) is 9.84 Å². The lowest BCUT2D eigenvalue weighted by Gasteiger charge is -2.18. The number of carbonyl (C=O) groups excluding carboxylic acids is 1. The molecule has 1 rings (SSSR count). The molecular formula is C18H26O5. The molecule has 0 bridgehead atoms. The molecule has 5 nitrogen and oxygen atoms in total. The van der Waals surface area contributed by atoms with E-state index in [2.05, 4.69) is 13.8 Å². The van der Waals surface area contributed by atoms with Gasteiger partial charge in [0.1, 0.15) is 6.61 Å². The lowest BCUT2D eigenvalue weighted by atomic mass is 9.93. The first-order chi connectivity index (χ1) is 11.0. The minimum atomic E-state index is -1.18. The van der Waals surface area contributed by atoms with Crippen molar-refractivity contribution in [2.75, 3.05) is 6.61 Å². The number of benzene rings is 1. The fourth-order valence-electron chi connectivity index (χ4n) is 2.53. The Morgan fingerprint density at radius 2 is 1.83 bits per heavy atom. The van der Waals surface area contributed by atoms with Crippen molar-refractivity contribution in [3.8, 4) is 0 Å². The molecule has 0 spiro atoms. The first-order valence-corrected chi connectivity index (χ1v) is 8.17. The molecule has 2 atom stereocenters. The van der Waals surface area contributed by atoms with Crippen molar-refractivity contribution in [1.82, 2.24) is 0 Å². The first-order valence-electron chi connectivity index (χ1n) is 8.17. The molecule has 0 heterocycles. The van der Waals surface area contributed by atoms with Gasteiger partial charge in [0.05, 0.1) is 17.2 Å². The zero-order chi connectivity index (χ0) is 17.2. The van der Waals surface area contributed by atoms with Gasteiger partial charge in [-0.15, -0.1) is 0 Å². The third-order valence-electron chi connectivity index (χ3n) is 3.93. The number of esters is 1. The van der Waals surface area contributed by atoms with E-state index >= 15 is 0 Å². The normalized spacial score (nSPS) is 13.3. The van der Waals surface area contributed by atoms with Crippen molar-refractivity contribution in [3.63, 3.8) is 0 Å². The number of aliphatic hydroxyl groups excluding tert-OH is 1. The highest BCUT2D eigenvalue weighted by Gasteiger charge is 2.19. The van der Waals surface area contributed by atoms with Gasteiger partial charge in [0.25, 0.3) is 0 Å². The molecule has 0 saturated heterocycles. The van der Waals surface area contributed by atoms with E-state index in [1.54, 1.807) is 12.1 Å². The number of unbranched alkanes of at least 4 members (excludes halogenated alkanes) is 1. The van der Waals surface area contributed by atoms with Crippen molar-refractivity contribution >= 4 is 11.9 Å². The summed E-state index contributed by atoms with van der Waals surface area (Å²) in [7, 11) is 0. The van der Waals surface area contributed by atoms with Crippen LogP contribution in [0.25, 0.3) is 0 Å². The maximum Gasteiger partial charge on any atom is 0.339 e. The molecule has 2 N–H and O–H groups in total. The number of carboxylic acid groups (broad SMARTS) is 1. The molecule has 0 aromatic heterocycles. The summed E-state index contributed by atoms with van der Waals surface area (Å²) >= 11 is 0. The smallest absolute Gasteiger partial charge is 0.339 e. The average molecular weight is 322 g/mol. The largest absolute Gasteiger partial charge is 0.478 e. The molecule has 0 saturated carbocycles. The van der Waals surface area contributed by atoms with Crippen molar-refractivity contribution in [3.05, 3.63) is 35.4 Å². The second kappa shape index (κ2) is 10.0. The van der Waals surface area contributed by atoms with Gasteiger partial charge in [-0.25, -0.2) is 9.59 Å². The van der Waals surface area contributed by atoms with E-state index in [0.29, 0.717) is 12.3 Å². The van der Waals surface area contributed by atoms with Crippen molar-refractivity contribution in [2.45, 2.75) is 52.1 Å². The molecule has 0 aliphatic rings. The summed E-state index contributed by atoms with van der Waals surface area (Å²) in [4.78, 5) is 23.1. The zero-order valence-electron chi connectivity index (χ0n) is 13.8. The molecule has 1 aromatic carbocycles. The van der Waals surface area contributed by atoms with Gasteiger partial charge >= 0.3 is 11.9 Å². The molecule has 0 aliphatic heterocycles. The van der Waals surface area contributed by atoms with Gasteiger partial charge in [0.15, 0.2) is 0 Å². The summed E-state index contributed by atoms with van der Waals surface area (Å²) in [5.74, 6) is -1.48. The Hall–Kier alpha value is -1.88. The van der Waals surface area contributed by atoms with Gasteiger partial charge in [-0.1, -0.05) is 51.7 Å². The lowest BCUT2D eigenvalue weighted by Crippen LogP contribution is -2.22. The van der Waals surface area contributed by atoms with E-state index < -0.39 is 18.0 Å². The monoisotopic (exact) mass is 322 g/mol. The Balaban J connectivity index is 2.54. The molecule has 2 unspecified atom stereocenters. The highest BCUT2D eigenvalue weighted by molar-refractivity contribution is 6.02. The Morgan fingerprint density at radius 1 is 1.17 bits per heavy atom. The molecule has 0 amide bonds. The van der Waals surface area contributed by atoms with Gasteiger partial charge < -0.3 is 14.9 Å². The highest BCUT2D eigenvalue weighted by atomic mass is 16.5. The summed E-state index contributed by atoms with van der Waals surface area (Å²) in [6.07, 6.45) is 4.14. The topological polar surface area (TPSA) is 83.8 Å². The van der Waals surface area contributed by atoms with Gasteiger partial charge in [-0.2, -0.15) is 0 Å². The van der Waals surface area contributed by atoms with E-state index in [-0.39, 0.29) is 17.7 Å². The average Bonchev–Trinajstić information content (AvgIpc) is 2.56. The number of carbonyl (C=O) groups is 2. The van der Waals surface area contributed by atoms with Crippen molar-refractivity contribution in [1.29, 1.82) is 0 Å². The molecule has 0 fully saturated rings. The van der Waals surface area contributed by atoms with Crippen LogP contribution in [-0.4, -0.2) is 34.9 Å². The van der Waals surface area contributed by atoms with Crippen molar-refractivity contribution < 1.29 is 24.5 Å². The van der Waals surface area contributed by atoms with Crippen LogP contribution in [-0.2, 0) is 4.74 Å². The van der Waals surface area contributed by atoms with Crippen LogP contribution in [0.15, 0.2) is 24.3 Å². The molecule has 1 aromatic rings. The maximum absolute atomic E-state index is 12.0. The molecule has 0 aliphatic carbocycles. The molecule has 5 heteroatoms. The minimum Gasteiger partial charge on any atom is -0.478 e. The number of ether oxygens (including phenoxy) is 1. The highest BCUT2D eigenvalue weighted by Crippen LogP contribution is 2.19. The number of hydrogen-bond acceptors (Lipinski definition) is 4. The fourth-order valence-corrected chi connectivity index (χ4v) is 2.53. The summed E-state index contributed by atoms with van der Waals surface area (Å²) < 4.78 is 5.08. The minimum absolute atomic E-state index is 0.00484. The van der Waals surface area contributed by atoms with E-state index in [0.717, 1.165) is 25.7 Å². The summed E-state index contributed by atoms with van der Waals surface area (Å²) in [6.45, 7) is 4.10. The van der Waals surface area contributed by atoms with Crippen LogP contribution < -0.4 is 0 Å². The maximum atomic E-state index is 12.0. The SMILES string of the molecule is CCCCC(CC)CC(O)COC(=O)c1ccccc1C(=O)O. The van der Waals surface area contributed by atoms with Crippen LogP contribution in [0.4, 0.5) is 0 Å². The van der Waals surface area contributed by atoms with Crippen LogP contribution in [0.1, 0.15) is 66.7 Å². The van der Waals surface area contributed by atoms with E-state index in [9.17, 15) is 14.7 Å². The van der Waals surface area contributed by atoms with Gasteiger partial charge in [-0.05, 0) is 24.5 Å². The number of aromatic carboxylic acids is 1. The van der Waals surface area contributed by atoms with Crippen LogP contribution in [0, 0.1) is 5.92 Å².